The molecule has 21 nitrogen and oxygen atoms in total. The van der Waals surface area contributed by atoms with Gasteiger partial charge in [0.05, 0.1) is 0 Å². The second-order valence-corrected chi connectivity index (χ2v) is 5.80. The summed E-state index contributed by atoms with van der Waals surface area (Å²) in [5.41, 5.74) is 0. The zero-order valence-electron chi connectivity index (χ0n) is 12.5. The third-order valence-corrected chi connectivity index (χ3v) is 4.85. The van der Waals surface area contributed by atoms with Gasteiger partial charge in [-0.15, -0.1) is 0 Å². The lowest BCUT2D eigenvalue weighted by Gasteiger charge is -2.40. The Morgan fingerprint density at radius 3 is 1.07 bits per heavy atom. The maximum absolute atomic E-state index is 11.6. The van der Waals surface area contributed by atoms with Crippen molar-refractivity contribution in [2.75, 3.05) is 0 Å². The Bertz CT molecular complexity index is 774. The van der Waals surface area contributed by atoms with Gasteiger partial charge in [0.15, 0.2) is 37.5 Å². The minimum Gasteiger partial charge on any atom is -0.260 e. The largest absolute Gasteiger partial charge is 0.272 e. The van der Waals surface area contributed by atoms with Gasteiger partial charge in [0.2, 0.25) is 0 Å². The third kappa shape index (κ3) is 1.69. The molecule has 0 aromatic rings. The van der Waals surface area contributed by atoms with Gasteiger partial charge in [-0.3, -0.25) is 5.32 Å². The first-order valence-corrected chi connectivity index (χ1v) is 6.99. The normalized spacial score (nSPS) is 35.6. The zero-order valence-corrected chi connectivity index (χ0v) is 12.5. The number of hydrogen-bond acceptors (Lipinski definition) is 11. The summed E-state index contributed by atoms with van der Waals surface area (Å²) in [5.74, 6) is 0. The summed E-state index contributed by atoms with van der Waals surface area (Å²) < 4.78 is 0. The predicted octanol–water partition coefficient (Wildman–Crippen LogP) is -3.94. The highest BCUT2D eigenvalue weighted by Gasteiger charge is 2.85. The molecule has 1 N–H and O–H groups in total. The van der Waals surface area contributed by atoms with Gasteiger partial charge in [-0.25, -0.2) is 50.6 Å². The van der Waals surface area contributed by atoms with E-state index in [1.54, 1.807) is 0 Å². The lowest BCUT2D eigenvalue weighted by molar-refractivity contribution is -0.785. The minimum atomic E-state index is -2.13. The fourth-order valence-electron chi connectivity index (χ4n) is 4.16. The maximum atomic E-state index is 11.6. The molecular weight excluding hydrogens is 386 g/mol. The molecule has 6 bridgehead atoms. The topological polar surface area (TPSA) is 244 Å². The number of nitrogens with one attached hydrogen (secondary N) is 1. The summed E-state index contributed by atoms with van der Waals surface area (Å²) in [6.07, 6.45) is -11.7. The molecule has 6 atom stereocenters. The van der Waals surface area contributed by atoms with Gasteiger partial charge in [-0.1, -0.05) is 25.0 Å². The Labute approximate surface area is 144 Å². The van der Waals surface area contributed by atoms with Crippen LogP contribution in [0.2, 0.25) is 0 Å². The molecule has 0 unspecified atom stereocenters. The molecule has 146 valence electrons. The first-order chi connectivity index (χ1) is 12.6. The smallest absolute Gasteiger partial charge is 0.260 e. The van der Waals surface area contributed by atoms with Crippen LogP contribution in [0.5, 0.6) is 0 Å². The summed E-state index contributed by atoms with van der Waals surface area (Å²) in [6, 6.07) is 0. The molecule has 21 heteroatoms. The molecule has 0 aromatic carbocycles. The summed E-state index contributed by atoms with van der Waals surface area (Å²) in [5, 5.41) is 54.5. The lowest BCUT2D eigenvalue weighted by atomic mass is 10.2. The van der Waals surface area contributed by atoms with Crippen molar-refractivity contribution in [1.29, 1.82) is 0 Å². The van der Waals surface area contributed by atoms with Crippen LogP contribution >= 0.6 is 0 Å². The molecular formula is C6H7N11O10. The minimum absolute atomic E-state index is 0.0519. The van der Waals surface area contributed by atoms with Crippen molar-refractivity contribution >= 4 is 0 Å². The number of piperazine rings is 1. The molecule has 5 saturated heterocycles. The highest BCUT2D eigenvalue weighted by Crippen LogP contribution is 2.47. The van der Waals surface area contributed by atoms with Gasteiger partial charge in [0, 0.05) is 0 Å². The number of rotatable bonds is 5. The molecule has 27 heavy (non-hydrogen) atoms. The zero-order chi connectivity index (χ0) is 19.9. The van der Waals surface area contributed by atoms with Crippen LogP contribution in [0.4, 0.5) is 0 Å². The van der Waals surface area contributed by atoms with Crippen molar-refractivity contribution in [1.82, 2.24) is 30.4 Å². The van der Waals surface area contributed by atoms with Crippen LogP contribution in [-0.2, 0) is 0 Å². The van der Waals surface area contributed by atoms with E-state index in [0.717, 1.165) is 0 Å². The first kappa shape index (κ1) is 16.4. The van der Waals surface area contributed by atoms with Crippen molar-refractivity contribution in [2.24, 2.45) is 0 Å². The lowest BCUT2D eigenvalue weighted by Crippen LogP contribution is -2.76. The average molecular weight is 393 g/mol. The second kappa shape index (κ2) is 4.77. The molecule has 0 radical (unpaired) electrons. The average Bonchev–Trinajstić information content (AvgIpc) is 2.98. The number of nitrogens with zero attached hydrogens (tertiary/aromatic N) is 10. The molecule has 0 spiro atoms. The van der Waals surface area contributed by atoms with Gasteiger partial charge in [-0.2, -0.15) is 0 Å². The highest BCUT2D eigenvalue weighted by molar-refractivity contribution is 5.09. The van der Waals surface area contributed by atoms with E-state index in [9.17, 15) is 50.6 Å². The Balaban J connectivity index is 2.03. The fraction of sp³-hybridized carbons (Fsp3) is 1.00. The van der Waals surface area contributed by atoms with Crippen molar-refractivity contribution in [3.05, 3.63) is 50.6 Å². The summed E-state index contributed by atoms with van der Waals surface area (Å²) >= 11 is 0. The number of nitro groups is 5. The second-order valence-electron chi connectivity index (χ2n) is 5.80. The van der Waals surface area contributed by atoms with Gasteiger partial charge < -0.3 is 0 Å². The number of hydrogen-bond donors (Lipinski definition) is 1. The Kier molecular flexibility index (Phi) is 2.90. The monoisotopic (exact) mass is 393 g/mol. The van der Waals surface area contributed by atoms with Crippen molar-refractivity contribution in [3.8, 4) is 0 Å². The van der Waals surface area contributed by atoms with E-state index in [1.807, 2.05) is 0 Å². The van der Waals surface area contributed by atoms with E-state index in [4.69, 9.17) is 0 Å². The standard InChI is InChI=1S/C6H7N11O10/c18-13(19)8-2-4-11(16(24)25)5-6(12(4)17(26)27)10(15(22)23)3(8)1(7-2)9(5)14(20)21/h1-7H/t1-,2-,3+,4-,5-,6+/m1/s1. The Morgan fingerprint density at radius 2 is 0.741 bits per heavy atom. The summed E-state index contributed by atoms with van der Waals surface area (Å²) in [7, 11) is 0. The van der Waals surface area contributed by atoms with Crippen molar-refractivity contribution < 1.29 is 25.2 Å². The van der Waals surface area contributed by atoms with Gasteiger partial charge in [0.25, 0.3) is 24.7 Å². The van der Waals surface area contributed by atoms with E-state index in [2.05, 4.69) is 5.32 Å². The first-order valence-electron chi connectivity index (χ1n) is 6.99. The van der Waals surface area contributed by atoms with Crippen molar-refractivity contribution in [3.63, 3.8) is 0 Å². The highest BCUT2D eigenvalue weighted by atomic mass is 16.7. The maximum Gasteiger partial charge on any atom is 0.272 e. The quantitative estimate of drug-likeness (QED) is 0.346. The van der Waals surface area contributed by atoms with E-state index >= 15 is 0 Å². The van der Waals surface area contributed by atoms with Crippen LogP contribution < -0.4 is 5.32 Å². The van der Waals surface area contributed by atoms with E-state index < -0.39 is 62.2 Å². The van der Waals surface area contributed by atoms with Gasteiger partial charge >= 0.3 is 0 Å². The Morgan fingerprint density at radius 1 is 0.481 bits per heavy atom. The van der Waals surface area contributed by atoms with Gasteiger partial charge in [0.1, 0.15) is 0 Å². The summed E-state index contributed by atoms with van der Waals surface area (Å²) in [6.45, 7) is 0. The molecule has 0 aliphatic carbocycles. The van der Waals surface area contributed by atoms with Gasteiger partial charge in [-0.05, 0) is 0 Å². The summed E-state index contributed by atoms with van der Waals surface area (Å²) in [4.78, 5) is 57.6. The molecule has 0 amide bonds. The van der Waals surface area contributed by atoms with Crippen LogP contribution in [0, 0.1) is 50.6 Å². The Hall–Kier alpha value is -4.04. The van der Waals surface area contributed by atoms with Crippen molar-refractivity contribution in [2.45, 2.75) is 37.0 Å². The van der Waals surface area contributed by atoms with Crippen LogP contribution in [0.25, 0.3) is 0 Å². The molecule has 0 aromatic heterocycles. The molecule has 5 fully saturated rings. The van der Waals surface area contributed by atoms with Crippen LogP contribution in [0.1, 0.15) is 0 Å². The van der Waals surface area contributed by atoms with Crippen LogP contribution in [-0.4, -0.2) is 87.2 Å². The van der Waals surface area contributed by atoms with Crippen LogP contribution in [0.15, 0.2) is 0 Å². The number of hydrazine groups is 5. The van der Waals surface area contributed by atoms with Crippen LogP contribution in [0.3, 0.4) is 0 Å². The third-order valence-electron chi connectivity index (χ3n) is 4.85. The molecule has 0 saturated carbocycles. The van der Waals surface area contributed by atoms with E-state index in [-0.39, 0.29) is 25.0 Å². The fourth-order valence-corrected chi connectivity index (χ4v) is 4.16. The SMILES string of the molecule is O=[N+]([O-])N1[C@H]2[C@H]3N([N+](=O)[O-])[C@H]1[C@@H]1N[C@@H]([C@H](N2[N+](=O)[O-])N1[N+](=O)[O-])N3[N+](=O)[O-]. The van der Waals surface area contributed by atoms with E-state index in [0.29, 0.717) is 0 Å². The molecule has 5 aliphatic rings. The van der Waals surface area contributed by atoms with E-state index in [1.165, 1.54) is 0 Å². The molecule has 5 heterocycles. The molecule has 5 aliphatic heterocycles. The predicted molar refractivity (Wildman–Crippen MR) is 70.0 cm³/mol. The molecule has 5 rings (SSSR count).